The van der Waals surface area contributed by atoms with Crippen molar-refractivity contribution in [1.82, 2.24) is 0 Å². The molecule has 76 valence electrons. The lowest BCUT2D eigenvalue weighted by atomic mass is 10.1. The lowest BCUT2D eigenvalue weighted by Crippen LogP contribution is -1.95. The van der Waals surface area contributed by atoms with Gasteiger partial charge in [0.05, 0.1) is 4.92 Å². The van der Waals surface area contributed by atoms with E-state index in [2.05, 4.69) is 0 Å². The molecule has 6 heteroatoms. The van der Waals surface area contributed by atoms with Crippen molar-refractivity contribution in [3.63, 3.8) is 0 Å². The van der Waals surface area contributed by atoms with Crippen molar-refractivity contribution >= 4 is 39.5 Å². The van der Waals surface area contributed by atoms with Crippen LogP contribution in [0.5, 0.6) is 0 Å². The van der Waals surface area contributed by atoms with E-state index in [9.17, 15) is 14.9 Å². The highest BCUT2D eigenvalue weighted by Crippen LogP contribution is 2.18. The minimum atomic E-state index is -0.604. The summed E-state index contributed by atoms with van der Waals surface area (Å²) in [4.78, 5) is 20.5. The molecule has 0 amide bonds. The molecule has 0 atom stereocenters. The zero-order chi connectivity index (χ0) is 10.0. The maximum absolute atomic E-state index is 10.7. The van der Waals surface area contributed by atoms with Gasteiger partial charge in [0.2, 0.25) is 0 Å². The van der Waals surface area contributed by atoms with E-state index in [4.69, 9.17) is 11.6 Å². The highest BCUT2D eigenvalue weighted by molar-refractivity contribution is 8.93. The van der Waals surface area contributed by atoms with E-state index in [-0.39, 0.29) is 22.7 Å². The number of rotatable bonds is 2. The van der Waals surface area contributed by atoms with Crippen molar-refractivity contribution in [1.29, 1.82) is 0 Å². The molecule has 1 aromatic carbocycles. The normalized spacial score (nSPS) is 9.00. The topological polar surface area (TPSA) is 60.2 Å². The lowest BCUT2D eigenvalue weighted by Gasteiger charge is -1.98. The number of hydrogen-bond donors (Lipinski definition) is 0. The average Bonchev–Trinajstić information content (AvgIpc) is 2.03. The van der Waals surface area contributed by atoms with Crippen LogP contribution in [0, 0.1) is 17.0 Å². The number of halogens is 2. The zero-order valence-electron chi connectivity index (χ0n) is 7.19. The third kappa shape index (κ3) is 2.78. The molecule has 0 aliphatic rings. The Morgan fingerprint density at radius 3 is 2.43 bits per heavy atom. The Bertz CT molecular complexity index is 381. The largest absolute Gasteiger partial charge is 0.276 e. The summed E-state index contributed by atoms with van der Waals surface area (Å²) in [5.74, 6) is 0. The maximum Gasteiger partial charge on any atom is 0.269 e. The number of hydrogen-bond acceptors (Lipinski definition) is 3. The molecule has 0 unspecified atom stereocenters. The summed E-state index contributed by atoms with van der Waals surface area (Å²) in [6.45, 7) is 1.60. The summed E-state index contributed by atoms with van der Waals surface area (Å²) in [5, 5.41) is 9.72. The fourth-order valence-corrected chi connectivity index (χ4v) is 1.19. The van der Waals surface area contributed by atoms with Gasteiger partial charge in [0.1, 0.15) is 0 Å². The van der Waals surface area contributed by atoms with Gasteiger partial charge >= 0.3 is 0 Å². The van der Waals surface area contributed by atoms with Crippen LogP contribution in [-0.2, 0) is 0 Å². The van der Waals surface area contributed by atoms with Gasteiger partial charge in [-0.15, -0.1) is 17.0 Å². The maximum atomic E-state index is 10.7. The van der Waals surface area contributed by atoms with Gasteiger partial charge in [-0.3, -0.25) is 14.9 Å². The first-order chi connectivity index (χ1) is 6.02. The molecule has 1 rings (SSSR count). The van der Waals surface area contributed by atoms with Crippen molar-refractivity contribution in [2.75, 3.05) is 0 Å². The molecule has 0 saturated heterocycles. The predicted octanol–water partition coefficient (Wildman–Crippen LogP) is 2.86. The van der Waals surface area contributed by atoms with Crippen molar-refractivity contribution in [2.45, 2.75) is 6.92 Å². The highest BCUT2D eigenvalue weighted by Gasteiger charge is 2.11. The molecule has 0 fully saturated rings. The molecule has 0 aliphatic carbocycles. The number of carbonyl (C=O) groups excluding carboxylic acids is 1. The van der Waals surface area contributed by atoms with Gasteiger partial charge < -0.3 is 0 Å². The quantitative estimate of drug-likeness (QED) is 0.475. The van der Waals surface area contributed by atoms with Crippen LogP contribution in [0.1, 0.15) is 15.9 Å². The molecule has 0 aliphatic heterocycles. The van der Waals surface area contributed by atoms with Gasteiger partial charge in [-0.25, -0.2) is 0 Å². The first-order valence-corrected chi connectivity index (χ1v) is 3.85. The van der Waals surface area contributed by atoms with Crippen molar-refractivity contribution < 1.29 is 9.72 Å². The molecule has 0 aromatic heterocycles. The molecule has 0 spiro atoms. The number of non-ortho nitro benzene ring substituents is 1. The summed E-state index contributed by atoms with van der Waals surface area (Å²) in [7, 11) is 0. The number of nitrogens with zero attached hydrogens (tertiary/aromatic N) is 1. The van der Waals surface area contributed by atoms with Crippen LogP contribution in [-0.4, -0.2) is 10.2 Å². The molecule has 0 N–H and O–H groups in total. The Morgan fingerprint density at radius 2 is 2.07 bits per heavy atom. The summed E-state index contributed by atoms with van der Waals surface area (Å²) >= 11 is 5.23. The number of aryl methyl sites for hydroxylation is 1. The molecular weight excluding hydrogens is 273 g/mol. The van der Waals surface area contributed by atoms with E-state index in [1.54, 1.807) is 6.92 Å². The molecule has 1 aromatic rings. The molecule has 0 saturated carbocycles. The molecule has 4 nitrogen and oxygen atoms in total. The monoisotopic (exact) mass is 279 g/mol. The number of nitro groups is 1. The SMILES string of the molecule is Br.Cc1cc([N+](=O)[O-])ccc1C(=O)Cl. The summed E-state index contributed by atoms with van der Waals surface area (Å²) in [5.41, 5.74) is 0.764. The van der Waals surface area contributed by atoms with Gasteiger partial charge in [0.25, 0.3) is 10.9 Å². The van der Waals surface area contributed by atoms with E-state index in [0.717, 1.165) is 0 Å². The standard InChI is InChI=1S/C8H6ClNO3.BrH/c1-5-4-6(10(12)13)2-3-7(5)8(9)11;/h2-4H,1H3;1H. The number of nitro benzene ring substituents is 1. The van der Waals surface area contributed by atoms with Crippen molar-refractivity contribution in [3.8, 4) is 0 Å². The van der Waals surface area contributed by atoms with E-state index in [1.807, 2.05) is 0 Å². The lowest BCUT2D eigenvalue weighted by molar-refractivity contribution is -0.384. The fraction of sp³-hybridized carbons (Fsp3) is 0.125. The second kappa shape index (κ2) is 5.07. The first-order valence-electron chi connectivity index (χ1n) is 3.47. The molecule has 0 heterocycles. The second-order valence-electron chi connectivity index (χ2n) is 2.53. The van der Waals surface area contributed by atoms with Gasteiger partial charge in [-0.2, -0.15) is 0 Å². The van der Waals surface area contributed by atoms with Gasteiger partial charge in [0, 0.05) is 17.7 Å². The van der Waals surface area contributed by atoms with E-state index in [0.29, 0.717) is 11.1 Å². The minimum Gasteiger partial charge on any atom is -0.276 e. The second-order valence-corrected chi connectivity index (χ2v) is 2.87. The fourth-order valence-electron chi connectivity index (χ4n) is 0.982. The van der Waals surface area contributed by atoms with Crippen molar-refractivity contribution in [3.05, 3.63) is 39.4 Å². The summed E-state index contributed by atoms with van der Waals surface area (Å²) in [6.07, 6.45) is 0. The number of carbonyl (C=O) groups is 1. The zero-order valence-corrected chi connectivity index (χ0v) is 9.66. The van der Waals surface area contributed by atoms with E-state index >= 15 is 0 Å². The van der Waals surface area contributed by atoms with E-state index in [1.165, 1.54) is 18.2 Å². The first kappa shape index (κ1) is 13.1. The van der Waals surface area contributed by atoms with Crippen LogP contribution < -0.4 is 0 Å². The average molecular weight is 281 g/mol. The molecule has 14 heavy (non-hydrogen) atoms. The Hall–Kier alpha value is -0.940. The van der Waals surface area contributed by atoms with Gasteiger partial charge in [-0.1, -0.05) is 0 Å². The Balaban J connectivity index is 0.00000169. The van der Waals surface area contributed by atoms with Crippen LogP contribution in [0.2, 0.25) is 0 Å². The van der Waals surface area contributed by atoms with Crippen LogP contribution in [0.15, 0.2) is 18.2 Å². The Labute approximate surface area is 95.8 Å². The van der Waals surface area contributed by atoms with Crippen LogP contribution in [0.4, 0.5) is 5.69 Å². The van der Waals surface area contributed by atoms with Crippen molar-refractivity contribution in [2.24, 2.45) is 0 Å². The number of benzene rings is 1. The predicted molar refractivity (Wildman–Crippen MR) is 58.3 cm³/mol. The third-order valence-corrected chi connectivity index (χ3v) is 1.84. The summed E-state index contributed by atoms with van der Waals surface area (Å²) in [6, 6.07) is 3.92. The van der Waals surface area contributed by atoms with Crippen LogP contribution >= 0.6 is 28.6 Å². The van der Waals surface area contributed by atoms with Crippen LogP contribution in [0.25, 0.3) is 0 Å². The minimum absolute atomic E-state index is 0. The molecule has 0 bridgehead atoms. The Kier molecular flexibility index (Phi) is 4.73. The van der Waals surface area contributed by atoms with Gasteiger partial charge in [-0.05, 0) is 30.2 Å². The molecular formula is C8H7BrClNO3. The van der Waals surface area contributed by atoms with E-state index < -0.39 is 10.2 Å². The smallest absolute Gasteiger partial charge is 0.269 e. The molecule has 0 radical (unpaired) electrons. The van der Waals surface area contributed by atoms with Gasteiger partial charge in [0.15, 0.2) is 0 Å². The summed E-state index contributed by atoms with van der Waals surface area (Å²) < 4.78 is 0. The highest BCUT2D eigenvalue weighted by atomic mass is 79.9. The van der Waals surface area contributed by atoms with Crippen LogP contribution in [0.3, 0.4) is 0 Å². The Morgan fingerprint density at radius 1 is 1.50 bits per heavy atom. The third-order valence-electron chi connectivity index (χ3n) is 1.63.